The minimum atomic E-state index is -0.612. The van der Waals surface area contributed by atoms with E-state index in [-0.39, 0.29) is 6.04 Å². The molecule has 0 aliphatic carbocycles. The highest BCUT2D eigenvalue weighted by atomic mass is 79.9. The van der Waals surface area contributed by atoms with Crippen molar-refractivity contribution in [2.45, 2.75) is 18.6 Å². The van der Waals surface area contributed by atoms with Crippen LogP contribution < -0.4 is 10.5 Å². The summed E-state index contributed by atoms with van der Waals surface area (Å²) in [4.78, 5) is 0. The molecule has 20 heavy (non-hydrogen) atoms. The average Bonchev–Trinajstić information content (AvgIpc) is 2.38. The number of ether oxygens (including phenoxy) is 1. The molecule has 0 radical (unpaired) electrons. The van der Waals surface area contributed by atoms with Crippen molar-refractivity contribution in [1.82, 2.24) is 0 Å². The molecule has 3 rings (SSSR count). The predicted molar refractivity (Wildman–Crippen MR) is 75.4 cm³/mol. The summed E-state index contributed by atoms with van der Waals surface area (Å²) in [5, 5.41) is 0. The molecular formula is C15H12BrF2NO. The Hall–Kier alpha value is -1.46. The molecule has 0 bridgehead atoms. The van der Waals surface area contributed by atoms with Crippen LogP contribution in [0.25, 0.3) is 0 Å². The number of halogens is 3. The van der Waals surface area contributed by atoms with Gasteiger partial charge in [-0.25, -0.2) is 8.78 Å². The molecule has 1 heterocycles. The van der Waals surface area contributed by atoms with Gasteiger partial charge in [0.2, 0.25) is 0 Å². The fraction of sp³-hybridized carbons (Fsp3) is 0.200. The van der Waals surface area contributed by atoms with Gasteiger partial charge in [0.15, 0.2) is 0 Å². The molecule has 104 valence electrons. The first-order valence-electron chi connectivity index (χ1n) is 6.20. The first-order chi connectivity index (χ1) is 9.52. The van der Waals surface area contributed by atoms with Gasteiger partial charge in [-0.1, -0.05) is 15.9 Å². The normalized spacial score (nSPS) is 21.2. The van der Waals surface area contributed by atoms with Crippen LogP contribution >= 0.6 is 15.9 Å². The van der Waals surface area contributed by atoms with Gasteiger partial charge in [-0.05, 0) is 35.9 Å². The molecule has 5 heteroatoms. The molecule has 1 aliphatic heterocycles. The van der Waals surface area contributed by atoms with E-state index in [9.17, 15) is 8.78 Å². The van der Waals surface area contributed by atoms with Crippen molar-refractivity contribution in [3.63, 3.8) is 0 Å². The van der Waals surface area contributed by atoms with Crippen molar-refractivity contribution in [3.8, 4) is 5.75 Å². The Morgan fingerprint density at radius 2 is 1.80 bits per heavy atom. The van der Waals surface area contributed by atoms with E-state index in [0.717, 1.165) is 16.1 Å². The van der Waals surface area contributed by atoms with Gasteiger partial charge < -0.3 is 10.5 Å². The Bertz CT molecular complexity index is 642. The molecule has 1 aliphatic rings. The van der Waals surface area contributed by atoms with Crippen LogP contribution in [0.5, 0.6) is 5.75 Å². The highest BCUT2D eigenvalue weighted by Gasteiger charge is 2.27. The average molecular weight is 340 g/mol. The molecule has 2 unspecified atom stereocenters. The summed E-state index contributed by atoms with van der Waals surface area (Å²) >= 11 is 3.39. The topological polar surface area (TPSA) is 35.2 Å². The second-order valence-corrected chi connectivity index (χ2v) is 5.75. The maximum absolute atomic E-state index is 13.3. The molecular weight excluding hydrogens is 328 g/mol. The zero-order valence-corrected chi connectivity index (χ0v) is 12.0. The van der Waals surface area contributed by atoms with Crippen LogP contribution in [0, 0.1) is 11.6 Å². The lowest BCUT2D eigenvalue weighted by Gasteiger charge is -2.30. The number of hydrogen-bond donors (Lipinski definition) is 1. The summed E-state index contributed by atoms with van der Waals surface area (Å²) in [6.07, 6.45) is 0.0377. The van der Waals surface area contributed by atoms with Gasteiger partial charge in [0, 0.05) is 28.6 Å². The SMILES string of the molecule is NC1CC(c2cc(F)cc(F)c2)Oc2ccc(Br)cc21. The number of fused-ring (bicyclic) bond motifs is 1. The summed E-state index contributed by atoms with van der Waals surface area (Å²) in [6.45, 7) is 0. The van der Waals surface area contributed by atoms with Gasteiger partial charge in [-0.15, -0.1) is 0 Å². The number of rotatable bonds is 1. The van der Waals surface area contributed by atoms with Crippen LogP contribution in [-0.2, 0) is 0 Å². The number of nitrogens with two attached hydrogens (primary N) is 1. The van der Waals surface area contributed by atoms with E-state index in [4.69, 9.17) is 10.5 Å². The fourth-order valence-electron chi connectivity index (χ4n) is 2.44. The highest BCUT2D eigenvalue weighted by molar-refractivity contribution is 9.10. The lowest BCUT2D eigenvalue weighted by molar-refractivity contribution is 0.160. The summed E-state index contributed by atoms with van der Waals surface area (Å²) in [6, 6.07) is 8.74. The number of benzene rings is 2. The monoisotopic (exact) mass is 339 g/mol. The largest absolute Gasteiger partial charge is 0.485 e. The maximum Gasteiger partial charge on any atom is 0.126 e. The first kappa shape index (κ1) is 13.5. The molecule has 2 aromatic rings. The Kier molecular flexibility index (Phi) is 3.48. The van der Waals surface area contributed by atoms with E-state index in [2.05, 4.69) is 15.9 Å². The van der Waals surface area contributed by atoms with E-state index in [1.807, 2.05) is 12.1 Å². The molecule has 2 aromatic carbocycles. The molecule has 2 N–H and O–H groups in total. The summed E-state index contributed by atoms with van der Waals surface area (Å²) < 4.78 is 33.3. The van der Waals surface area contributed by atoms with Crippen LogP contribution in [0.4, 0.5) is 8.78 Å². The highest BCUT2D eigenvalue weighted by Crippen LogP contribution is 2.40. The van der Waals surface area contributed by atoms with Gasteiger partial charge >= 0.3 is 0 Å². The van der Waals surface area contributed by atoms with Crippen LogP contribution in [0.1, 0.15) is 29.7 Å². The molecule has 0 saturated carbocycles. The predicted octanol–water partition coefficient (Wildman–Crippen LogP) is 4.25. The fourth-order valence-corrected chi connectivity index (χ4v) is 2.82. The zero-order chi connectivity index (χ0) is 14.3. The van der Waals surface area contributed by atoms with Crippen molar-refractivity contribution in [3.05, 3.63) is 63.6 Å². The van der Waals surface area contributed by atoms with Crippen LogP contribution in [0.15, 0.2) is 40.9 Å². The Morgan fingerprint density at radius 1 is 1.10 bits per heavy atom. The molecule has 2 nitrogen and oxygen atoms in total. The molecule has 0 fully saturated rings. The van der Waals surface area contributed by atoms with Crippen LogP contribution in [0.2, 0.25) is 0 Å². The van der Waals surface area contributed by atoms with Gasteiger partial charge in [0.1, 0.15) is 23.5 Å². The van der Waals surface area contributed by atoms with Gasteiger partial charge in [-0.3, -0.25) is 0 Å². The summed E-state index contributed by atoms with van der Waals surface area (Å²) in [5.41, 5.74) is 7.49. The minimum Gasteiger partial charge on any atom is -0.485 e. The summed E-state index contributed by atoms with van der Waals surface area (Å²) in [5.74, 6) is -0.570. The van der Waals surface area contributed by atoms with Gasteiger partial charge in [0.05, 0.1) is 0 Å². The Labute approximate surface area is 123 Å². The van der Waals surface area contributed by atoms with E-state index >= 15 is 0 Å². The minimum absolute atomic E-state index is 0.229. The van der Waals surface area contributed by atoms with Gasteiger partial charge in [-0.2, -0.15) is 0 Å². The lowest BCUT2D eigenvalue weighted by atomic mass is 9.93. The third kappa shape index (κ3) is 2.55. The van der Waals surface area contributed by atoms with Crippen LogP contribution in [0.3, 0.4) is 0 Å². The van der Waals surface area contributed by atoms with Crippen molar-refractivity contribution in [2.75, 3.05) is 0 Å². The van der Waals surface area contributed by atoms with E-state index in [0.29, 0.717) is 17.7 Å². The Morgan fingerprint density at radius 3 is 2.50 bits per heavy atom. The van der Waals surface area contributed by atoms with Gasteiger partial charge in [0.25, 0.3) is 0 Å². The van der Waals surface area contributed by atoms with Crippen LogP contribution in [-0.4, -0.2) is 0 Å². The van der Waals surface area contributed by atoms with Crippen molar-refractivity contribution >= 4 is 15.9 Å². The van der Waals surface area contributed by atoms with E-state index in [1.54, 1.807) is 6.07 Å². The molecule has 0 amide bonds. The molecule has 0 aromatic heterocycles. The Balaban J connectivity index is 1.96. The zero-order valence-electron chi connectivity index (χ0n) is 10.4. The summed E-state index contributed by atoms with van der Waals surface area (Å²) in [7, 11) is 0. The standard InChI is InChI=1S/C15H12BrF2NO/c16-9-1-2-14-12(5-9)13(19)7-15(20-14)8-3-10(17)6-11(18)4-8/h1-6,13,15H,7,19H2. The van der Waals surface area contributed by atoms with Crippen molar-refractivity contribution in [2.24, 2.45) is 5.73 Å². The molecule has 2 atom stereocenters. The third-order valence-corrected chi connectivity index (χ3v) is 3.86. The van der Waals surface area contributed by atoms with E-state index < -0.39 is 17.7 Å². The van der Waals surface area contributed by atoms with Crippen molar-refractivity contribution < 1.29 is 13.5 Å². The van der Waals surface area contributed by atoms with Crippen molar-refractivity contribution in [1.29, 1.82) is 0 Å². The lowest BCUT2D eigenvalue weighted by Crippen LogP contribution is -2.24. The number of hydrogen-bond acceptors (Lipinski definition) is 2. The maximum atomic E-state index is 13.3. The molecule has 0 spiro atoms. The second-order valence-electron chi connectivity index (χ2n) is 4.83. The first-order valence-corrected chi connectivity index (χ1v) is 7.00. The second kappa shape index (κ2) is 5.14. The third-order valence-electron chi connectivity index (χ3n) is 3.37. The molecule has 0 saturated heterocycles. The quantitative estimate of drug-likeness (QED) is 0.842. The smallest absolute Gasteiger partial charge is 0.126 e. The van der Waals surface area contributed by atoms with E-state index in [1.165, 1.54) is 12.1 Å².